The molecule has 0 bridgehead atoms. The Labute approximate surface area is 209 Å². The van der Waals surface area contributed by atoms with E-state index in [9.17, 15) is 18.8 Å². The first kappa shape index (κ1) is 24.8. The molecule has 1 fully saturated rings. The van der Waals surface area contributed by atoms with Crippen LogP contribution in [0.25, 0.3) is 0 Å². The molecule has 0 aliphatic carbocycles. The fraction of sp³-hybridized carbons (Fsp3) is 0.304. The number of amides is 3. The van der Waals surface area contributed by atoms with Crippen LogP contribution in [0.5, 0.6) is 0 Å². The van der Waals surface area contributed by atoms with E-state index in [0.717, 1.165) is 29.3 Å². The molecule has 0 saturated carbocycles. The lowest BCUT2D eigenvalue weighted by Gasteiger charge is -2.31. The number of halogens is 1. The number of carbonyl (C=O) groups excluding carboxylic acids is 3. The number of hydrogen-bond acceptors (Lipinski definition) is 8. The number of primary amides is 1. The molecule has 3 heterocycles. The van der Waals surface area contributed by atoms with E-state index in [1.54, 1.807) is 0 Å². The van der Waals surface area contributed by atoms with Crippen LogP contribution < -0.4 is 16.8 Å². The topological polar surface area (TPSA) is 141 Å². The molecule has 2 unspecified atom stereocenters. The minimum atomic E-state index is -1.11. The van der Waals surface area contributed by atoms with Gasteiger partial charge in [-0.2, -0.15) is 4.37 Å². The van der Waals surface area contributed by atoms with Crippen LogP contribution in [0.15, 0.2) is 41.8 Å². The van der Waals surface area contributed by atoms with Gasteiger partial charge >= 0.3 is 0 Å². The molecule has 4 rings (SSSR count). The van der Waals surface area contributed by atoms with Gasteiger partial charge in [-0.05, 0) is 53.5 Å². The van der Waals surface area contributed by atoms with Crippen LogP contribution in [0.3, 0.4) is 0 Å². The van der Waals surface area contributed by atoms with Gasteiger partial charge in [-0.25, -0.2) is 4.39 Å². The molecule has 5 N–H and O–H groups in total. The standard InChI is InChI=1S/C23H24FN5O4S2/c24-14-7-5-13(6-8-14)19(22(31)27-11-15-3-1-9-33-15)29(12-16-4-2-10-34-16)23(32)20-17(25)18(21(26)30)28-35-20/h2,4-8,10,15,19H,1,3,9,11-12,25H2,(H2,26,30)(H,27,31). The average molecular weight is 518 g/mol. The monoisotopic (exact) mass is 517 g/mol. The highest BCUT2D eigenvalue weighted by Crippen LogP contribution is 2.31. The molecular formula is C23H24FN5O4S2. The number of ether oxygens (including phenoxy) is 1. The second-order valence-corrected chi connectivity index (χ2v) is 9.79. The Morgan fingerprint density at radius 2 is 2.03 bits per heavy atom. The van der Waals surface area contributed by atoms with Crippen LogP contribution in [0.1, 0.15) is 49.5 Å². The van der Waals surface area contributed by atoms with Crippen molar-refractivity contribution in [2.45, 2.75) is 31.5 Å². The summed E-state index contributed by atoms with van der Waals surface area (Å²) in [5.41, 5.74) is 11.4. The summed E-state index contributed by atoms with van der Waals surface area (Å²) in [6.07, 6.45) is 1.63. The number of rotatable bonds is 9. The molecular weight excluding hydrogens is 493 g/mol. The SMILES string of the molecule is NC(=O)c1nsc(C(=O)N(Cc2cccs2)C(C(=O)NCC2CCCO2)c2ccc(F)cc2)c1N. The Hall–Kier alpha value is -3.35. The number of benzene rings is 1. The summed E-state index contributed by atoms with van der Waals surface area (Å²) < 4.78 is 23.2. The third kappa shape index (κ3) is 5.66. The Morgan fingerprint density at radius 3 is 2.63 bits per heavy atom. The number of aromatic nitrogens is 1. The van der Waals surface area contributed by atoms with Crippen molar-refractivity contribution in [2.24, 2.45) is 5.73 Å². The van der Waals surface area contributed by atoms with Gasteiger partial charge in [-0.1, -0.05) is 18.2 Å². The predicted octanol–water partition coefficient (Wildman–Crippen LogP) is 2.70. The van der Waals surface area contributed by atoms with Gasteiger partial charge in [0.05, 0.1) is 18.3 Å². The van der Waals surface area contributed by atoms with Gasteiger partial charge < -0.3 is 26.4 Å². The van der Waals surface area contributed by atoms with Crippen molar-refractivity contribution < 1.29 is 23.5 Å². The molecule has 1 aliphatic heterocycles. The summed E-state index contributed by atoms with van der Waals surface area (Å²) in [6.45, 7) is 0.999. The number of thiophene rings is 1. The zero-order chi connectivity index (χ0) is 24.9. The van der Waals surface area contributed by atoms with E-state index in [4.69, 9.17) is 16.2 Å². The molecule has 12 heteroatoms. The van der Waals surface area contributed by atoms with Gasteiger partial charge in [0.25, 0.3) is 11.8 Å². The summed E-state index contributed by atoms with van der Waals surface area (Å²) in [4.78, 5) is 41.1. The van der Waals surface area contributed by atoms with Crippen molar-refractivity contribution in [1.29, 1.82) is 0 Å². The summed E-state index contributed by atoms with van der Waals surface area (Å²) in [5.74, 6) is -2.37. The summed E-state index contributed by atoms with van der Waals surface area (Å²) >= 11 is 2.15. The first-order chi connectivity index (χ1) is 16.8. The number of carbonyl (C=O) groups is 3. The first-order valence-corrected chi connectivity index (χ1v) is 12.5. The van der Waals surface area contributed by atoms with Gasteiger partial charge in [0, 0.05) is 18.0 Å². The highest BCUT2D eigenvalue weighted by Gasteiger charge is 2.35. The predicted molar refractivity (Wildman–Crippen MR) is 130 cm³/mol. The van der Waals surface area contributed by atoms with E-state index in [2.05, 4.69) is 9.69 Å². The van der Waals surface area contributed by atoms with Crippen molar-refractivity contribution in [1.82, 2.24) is 14.6 Å². The Bertz CT molecular complexity index is 1190. The van der Waals surface area contributed by atoms with Crippen LogP contribution in [0.4, 0.5) is 10.1 Å². The third-order valence-electron chi connectivity index (χ3n) is 5.60. The maximum absolute atomic E-state index is 13.8. The summed E-state index contributed by atoms with van der Waals surface area (Å²) in [7, 11) is 0. The normalized spacial score (nSPS) is 16.1. The van der Waals surface area contributed by atoms with Gasteiger partial charge in [0.1, 0.15) is 16.7 Å². The van der Waals surface area contributed by atoms with Gasteiger partial charge in [0.15, 0.2) is 5.69 Å². The van der Waals surface area contributed by atoms with Crippen molar-refractivity contribution in [2.75, 3.05) is 18.9 Å². The minimum Gasteiger partial charge on any atom is -0.395 e. The summed E-state index contributed by atoms with van der Waals surface area (Å²) in [5, 5.41) is 4.73. The van der Waals surface area contributed by atoms with Crippen molar-refractivity contribution in [3.05, 3.63) is 68.6 Å². The number of nitrogens with zero attached hydrogens (tertiary/aromatic N) is 2. The molecule has 2 aromatic heterocycles. The van der Waals surface area contributed by atoms with E-state index in [-0.39, 0.29) is 35.5 Å². The molecule has 0 spiro atoms. The van der Waals surface area contributed by atoms with E-state index in [1.807, 2.05) is 17.5 Å². The fourth-order valence-electron chi connectivity index (χ4n) is 3.84. The molecule has 3 amide bonds. The molecule has 3 aromatic rings. The van der Waals surface area contributed by atoms with E-state index >= 15 is 0 Å². The lowest BCUT2D eigenvalue weighted by atomic mass is 10.0. The van der Waals surface area contributed by atoms with Crippen LogP contribution in [-0.4, -0.2) is 46.3 Å². The second-order valence-electron chi connectivity index (χ2n) is 7.98. The average Bonchev–Trinajstić information content (AvgIpc) is 3.60. The van der Waals surface area contributed by atoms with Gasteiger partial charge in [0.2, 0.25) is 5.91 Å². The van der Waals surface area contributed by atoms with E-state index in [1.165, 1.54) is 40.5 Å². The Kier molecular flexibility index (Phi) is 7.73. The number of nitrogens with two attached hydrogens (primary N) is 2. The number of anilines is 1. The fourth-order valence-corrected chi connectivity index (χ4v) is 5.31. The third-order valence-corrected chi connectivity index (χ3v) is 7.31. The quantitative estimate of drug-likeness (QED) is 0.399. The van der Waals surface area contributed by atoms with Crippen molar-refractivity contribution in [3.63, 3.8) is 0 Å². The smallest absolute Gasteiger partial charge is 0.270 e. The Morgan fingerprint density at radius 1 is 1.26 bits per heavy atom. The lowest BCUT2D eigenvalue weighted by Crippen LogP contribution is -2.45. The number of nitrogens with one attached hydrogen (secondary N) is 1. The molecule has 35 heavy (non-hydrogen) atoms. The molecule has 1 aliphatic rings. The molecule has 2 atom stereocenters. The van der Waals surface area contributed by atoms with Gasteiger partial charge in [-0.15, -0.1) is 11.3 Å². The number of nitrogen functional groups attached to an aromatic ring is 1. The minimum absolute atomic E-state index is 0.00519. The van der Waals surface area contributed by atoms with Crippen LogP contribution in [0.2, 0.25) is 0 Å². The maximum atomic E-state index is 13.8. The lowest BCUT2D eigenvalue weighted by molar-refractivity contribution is -0.126. The van der Waals surface area contributed by atoms with Gasteiger partial charge in [-0.3, -0.25) is 14.4 Å². The largest absolute Gasteiger partial charge is 0.395 e. The molecule has 0 radical (unpaired) electrons. The number of hydrogen-bond donors (Lipinski definition) is 3. The van der Waals surface area contributed by atoms with Crippen LogP contribution >= 0.6 is 22.9 Å². The highest BCUT2D eigenvalue weighted by atomic mass is 32.1. The maximum Gasteiger partial charge on any atom is 0.270 e. The highest BCUT2D eigenvalue weighted by molar-refractivity contribution is 7.10. The van der Waals surface area contributed by atoms with Crippen LogP contribution in [0, 0.1) is 5.82 Å². The van der Waals surface area contributed by atoms with E-state index < -0.39 is 29.6 Å². The second kappa shape index (κ2) is 10.9. The van der Waals surface area contributed by atoms with Crippen molar-refractivity contribution in [3.8, 4) is 0 Å². The zero-order valence-electron chi connectivity index (χ0n) is 18.6. The Balaban J connectivity index is 1.72. The van der Waals surface area contributed by atoms with Crippen LogP contribution in [-0.2, 0) is 16.1 Å². The molecule has 184 valence electrons. The summed E-state index contributed by atoms with van der Waals surface area (Å²) in [6, 6.07) is 7.95. The van der Waals surface area contributed by atoms with Crippen molar-refractivity contribution >= 4 is 46.3 Å². The zero-order valence-corrected chi connectivity index (χ0v) is 20.2. The van der Waals surface area contributed by atoms with E-state index in [0.29, 0.717) is 12.2 Å². The molecule has 1 aromatic carbocycles. The molecule has 9 nitrogen and oxygen atoms in total. The first-order valence-electron chi connectivity index (χ1n) is 10.9. The molecule has 1 saturated heterocycles.